The highest BCUT2D eigenvalue weighted by Crippen LogP contribution is 2.43. The van der Waals surface area contributed by atoms with E-state index in [1.54, 1.807) is 0 Å². The van der Waals surface area contributed by atoms with Crippen LogP contribution in [0.5, 0.6) is 0 Å². The molecule has 2 aliphatic heterocycles. The molecule has 1 aromatic carbocycles. The third-order valence-corrected chi connectivity index (χ3v) is 3.98. The van der Waals surface area contributed by atoms with Crippen LogP contribution in [0, 0.1) is 5.92 Å². The van der Waals surface area contributed by atoms with Crippen molar-refractivity contribution in [2.45, 2.75) is 25.8 Å². The van der Waals surface area contributed by atoms with Crippen molar-refractivity contribution in [1.82, 2.24) is 4.90 Å². The molecule has 0 radical (unpaired) electrons. The highest BCUT2D eigenvalue weighted by Gasteiger charge is 2.40. The quantitative estimate of drug-likeness (QED) is 0.803. The summed E-state index contributed by atoms with van der Waals surface area (Å²) in [5.74, 6) is 0.870. The van der Waals surface area contributed by atoms with Crippen LogP contribution in [0.2, 0.25) is 0 Å². The zero-order valence-electron chi connectivity index (χ0n) is 10.1. The Labute approximate surface area is 102 Å². The Bertz CT molecular complexity index is 444. The van der Waals surface area contributed by atoms with Gasteiger partial charge in [0.05, 0.1) is 6.04 Å². The maximum absolute atomic E-state index is 12.0. The molecule has 1 aromatic rings. The summed E-state index contributed by atoms with van der Waals surface area (Å²) in [6, 6.07) is 8.68. The van der Waals surface area contributed by atoms with Gasteiger partial charge in [0.15, 0.2) is 0 Å². The van der Waals surface area contributed by atoms with Gasteiger partial charge in [0.1, 0.15) is 0 Å². The van der Waals surface area contributed by atoms with E-state index in [1.165, 1.54) is 11.3 Å². The van der Waals surface area contributed by atoms with Crippen molar-refractivity contribution < 1.29 is 4.79 Å². The summed E-state index contributed by atoms with van der Waals surface area (Å²) in [4.78, 5) is 14.1. The molecule has 3 nitrogen and oxygen atoms in total. The summed E-state index contributed by atoms with van der Waals surface area (Å²) in [5, 5.41) is 3.47. The van der Waals surface area contributed by atoms with Crippen molar-refractivity contribution in [3.05, 3.63) is 29.8 Å². The Balaban J connectivity index is 1.99. The molecule has 90 valence electrons. The number of hydrogen-bond donors (Lipinski definition) is 1. The third-order valence-electron chi connectivity index (χ3n) is 3.98. The fourth-order valence-electron chi connectivity index (χ4n) is 3.13. The zero-order chi connectivity index (χ0) is 11.8. The van der Waals surface area contributed by atoms with E-state index in [9.17, 15) is 4.79 Å². The van der Waals surface area contributed by atoms with Crippen LogP contribution < -0.4 is 5.32 Å². The van der Waals surface area contributed by atoms with Gasteiger partial charge in [0.25, 0.3) is 0 Å². The van der Waals surface area contributed by atoms with Crippen LogP contribution >= 0.6 is 0 Å². The summed E-state index contributed by atoms with van der Waals surface area (Å²) in [6.07, 6.45) is 1.73. The number of rotatable bonds is 1. The van der Waals surface area contributed by atoms with Gasteiger partial charge in [-0.1, -0.05) is 25.1 Å². The molecule has 0 aliphatic carbocycles. The molecule has 1 N–H and O–H groups in total. The number of nitrogens with zero attached hydrogens (tertiary/aromatic N) is 1. The van der Waals surface area contributed by atoms with Crippen molar-refractivity contribution in [3.8, 4) is 0 Å². The lowest BCUT2D eigenvalue weighted by atomic mass is 9.89. The molecular weight excluding hydrogens is 212 g/mol. The first-order valence-corrected chi connectivity index (χ1v) is 6.43. The van der Waals surface area contributed by atoms with Crippen LogP contribution in [-0.2, 0) is 4.79 Å². The molecule has 1 fully saturated rings. The molecule has 17 heavy (non-hydrogen) atoms. The molecule has 3 rings (SSSR count). The summed E-state index contributed by atoms with van der Waals surface area (Å²) in [5.41, 5.74) is 2.49. The van der Waals surface area contributed by atoms with Crippen LogP contribution in [0.25, 0.3) is 0 Å². The van der Waals surface area contributed by atoms with Gasteiger partial charge in [-0.05, 0) is 18.1 Å². The number of likely N-dealkylation sites (tertiary alicyclic amines) is 1. The molecule has 0 aromatic heterocycles. The van der Waals surface area contributed by atoms with Gasteiger partial charge >= 0.3 is 0 Å². The van der Waals surface area contributed by atoms with Crippen molar-refractivity contribution in [2.24, 2.45) is 5.92 Å². The number of carbonyl (C=O) groups excluding carboxylic acids is 1. The van der Waals surface area contributed by atoms with Crippen LogP contribution in [0.4, 0.5) is 5.69 Å². The van der Waals surface area contributed by atoms with Crippen LogP contribution in [0.3, 0.4) is 0 Å². The van der Waals surface area contributed by atoms with Gasteiger partial charge in [-0.15, -0.1) is 0 Å². The Hall–Kier alpha value is -1.51. The molecule has 0 unspecified atom stereocenters. The number of anilines is 1. The van der Waals surface area contributed by atoms with Crippen molar-refractivity contribution in [2.75, 3.05) is 18.4 Å². The molecule has 1 amide bonds. The Morgan fingerprint density at radius 3 is 3.12 bits per heavy atom. The standard InChI is InChI=1S/C14H18N2O/c1-2-13(17)16-8-7-10-9-15-12-6-4-3-5-11(12)14(10)16/h3-6,10,14-15H,2,7-9H2,1H3/t10-,14-/m0/s1. The summed E-state index contributed by atoms with van der Waals surface area (Å²) in [7, 11) is 0. The lowest BCUT2D eigenvalue weighted by molar-refractivity contribution is -0.132. The first-order valence-electron chi connectivity index (χ1n) is 6.43. The van der Waals surface area contributed by atoms with Crippen LogP contribution in [-0.4, -0.2) is 23.9 Å². The normalized spacial score (nSPS) is 26.1. The van der Waals surface area contributed by atoms with E-state index in [0.717, 1.165) is 19.5 Å². The first kappa shape index (κ1) is 10.6. The topological polar surface area (TPSA) is 32.3 Å². The maximum Gasteiger partial charge on any atom is 0.222 e. The number of amides is 1. The second-order valence-corrected chi connectivity index (χ2v) is 4.90. The smallest absolute Gasteiger partial charge is 0.222 e. The predicted octanol–water partition coefficient (Wildman–Crippen LogP) is 2.41. The molecule has 2 aliphatic rings. The van der Waals surface area contributed by atoms with E-state index < -0.39 is 0 Å². The minimum absolute atomic E-state index is 0.286. The molecule has 1 saturated heterocycles. The van der Waals surface area contributed by atoms with Gasteiger partial charge < -0.3 is 10.2 Å². The Morgan fingerprint density at radius 1 is 1.47 bits per heavy atom. The maximum atomic E-state index is 12.0. The van der Waals surface area contributed by atoms with Gasteiger partial charge in [0.2, 0.25) is 5.91 Å². The number of fused-ring (bicyclic) bond motifs is 3. The van der Waals surface area contributed by atoms with Gasteiger partial charge in [-0.2, -0.15) is 0 Å². The molecule has 2 atom stereocenters. The minimum Gasteiger partial charge on any atom is -0.384 e. The van der Waals surface area contributed by atoms with Crippen molar-refractivity contribution in [3.63, 3.8) is 0 Å². The van der Waals surface area contributed by atoms with Crippen LogP contribution in [0.1, 0.15) is 31.4 Å². The highest BCUT2D eigenvalue weighted by atomic mass is 16.2. The van der Waals surface area contributed by atoms with E-state index >= 15 is 0 Å². The fraction of sp³-hybridized carbons (Fsp3) is 0.500. The number of benzene rings is 1. The predicted molar refractivity (Wildman–Crippen MR) is 67.8 cm³/mol. The van der Waals surface area contributed by atoms with E-state index in [4.69, 9.17) is 0 Å². The fourth-order valence-corrected chi connectivity index (χ4v) is 3.13. The van der Waals surface area contributed by atoms with E-state index in [1.807, 2.05) is 13.0 Å². The number of carbonyl (C=O) groups is 1. The Kier molecular flexibility index (Phi) is 2.54. The molecule has 0 bridgehead atoms. The van der Waals surface area contributed by atoms with E-state index in [2.05, 4.69) is 28.4 Å². The second-order valence-electron chi connectivity index (χ2n) is 4.90. The number of hydrogen-bond acceptors (Lipinski definition) is 2. The van der Waals surface area contributed by atoms with Gasteiger partial charge in [-0.25, -0.2) is 0 Å². The molecule has 0 spiro atoms. The lowest BCUT2D eigenvalue weighted by Crippen LogP contribution is -2.35. The average molecular weight is 230 g/mol. The second kappa shape index (κ2) is 4.06. The summed E-state index contributed by atoms with van der Waals surface area (Å²) in [6.45, 7) is 3.86. The zero-order valence-corrected chi connectivity index (χ0v) is 10.1. The van der Waals surface area contributed by atoms with Crippen molar-refractivity contribution in [1.29, 1.82) is 0 Å². The van der Waals surface area contributed by atoms with Crippen molar-refractivity contribution >= 4 is 11.6 Å². The largest absolute Gasteiger partial charge is 0.384 e. The van der Waals surface area contributed by atoms with E-state index in [0.29, 0.717) is 18.4 Å². The molecule has 0 saturated carbocycles. The molecule has 3 heteroatoms. The summed E-state index contributed by atoms with van der Waals surface area (Å²) >= 11 is 0. The number of nitrogens with one attached hydrogen (secondary N) is 1. The first-order chi connectivity index (χ1) is 8.31. The monoisotopic (exact) mass is 230 g/mol. The SMILES string of the molecule is CCC(=O)N1CC[C@H]2CNc3ccccc3[C@H]21. The van der Waals surface area contributed by atoms with Gasteiger partial charge in [0, 0.05) is 31.1 Å². The highest BCUT2D eigenvalue weighted by molar-refractivity contribution is 5.77. The minimum atomic E-state index is 0.286. The number of para-hydroxylation sites is 1. The Morgan fingerprint density at radius 2 is 2.29 bits per heavy atom. The summed E-state index contributed by atoms with van der Waals surface area (Å²) < 4.78 is 0. The molecule has 2 heterocycles. The lowest BCUT2D eigenvalue weighted by Gasteiger charge is -2.34. The molecular formula is C14H18N2O. The van der Waals surface area contributed by atoms with E-state index in [-0.39, 0.29) is 5.91 Å². The third kappa shape index (κ3) is 1.61. The van der Waals surface area contributed by atoms with Gasteiger partial charge in [-0.3, -0.25) is 4.79 Å². The van der Waals surface area contributed by atoms with Crippen LogP contribution in [0.15, 0.2) is 24.3 Å². The average Bonchev–Trinajstić information content (AvgIpc) is 2.82.